The molecule has 4 rings (SSSR count). The molecule has 0 saturated heterocycles. The fourth-order valence-electron chi connectivity index (χ4n) is 4.02. The van der Waals surface area contributed by atoms with E-state index >= 15 is 0 Å². The van der Waals surface area contributed by atoms with Gasteiger partial charge in [0, 0.05) is 12.6 Å². The molecule has 1 aliphatic carbocycles. The molecule has 6 heteroatoms. The molecule has 0 heterocycles. The van der Waals surface area contributed by atoms with Crippen molar-refractivity contribution in [3.8, 4) is 11.5 Å². The van der Waals surface area contributed by atoms with Gasteiger partial charge in [-0.1, -0.05) is 85.1 Å². The van der Waals surface area contributed by atoms with Crippen molar-refractivity contribution in [3.05, 3.63) is 94.5 Å². The normalized spacial score (nSPS) is 14.5. The highest BCUT2D eigenvalue weighted by Crippen LogP contribution is 2.39. The van der Waals surface area contributed by atoms with Crippen molar-refractivity contribution in [1.29, 1.82) is 0 Å². The molecular weight excluding hydrogens is 457 g/mol. The highest BCUT2D eigenvalue weighted by atomic mass is 35.5. The van der Waals surface area contributed by atoms with Gasteiger partial charge in [0.1, 0.15) is 13.2 Å². The van der Waals surface area contributed by atoms with Crippen LogP contribution in [0.25, 0.3) is 0 Å². The first-order valence-corrected chi connectivity index (χ1v) is 11.6. The minimum Gasteiger partial charge on any atom is -0.485 e. The topological polar surface area (TPSA) is 50.7 Å². The van der Waals surface area contributed by atoms with E-state index in [4.69, 9.17) is 21.1 Å². The molecule has 0 spiro atoms. The van der Waals surface area contributed by atoms with Gasteiger partial charge >= 0.3 is 0 Å². The lowest BCUT2D eigenvalue weighted by Crippen LogP contribution is -2.30. The third-order valence-corrected chi connectivity index (χ3v) is 6.12. The number of aliphatic hydroxyl groups excluding tert-OH is 1. The standard InChI is InChI=1S/C27H30ClNO3.ClH/c28-24-15-22(25(30)17-29-23-13-7-8-14-23)16-26(31-18-20-9-3-1-4-10-20)27(24)32-19-21-11-5-2-6-12-21;/h1-6,9-12,15-16,23,25,29-30H,7-8,13-14,17-19H2;1H. The van der Waals surface area contributed by atoms with Crippen LogP contribution in [-0.2, 0) is 13.2 Å². The molecule has 176 valence electrons. The van der Waals surface area contributed by atoms with Crippen LogP contribution in [0.3, 0.4) is 0 Å². The fraction of sp³-hybridized carbons (Fsp3) is 0.333. The van der Waals surface area contributed by atoms with Gasteiger partial charge in [-0.25, -0.2) is 0 Å². The molecule has 0 aliphatic heterocycles. The van der Waals surface area contributed by atoms with Crippen LogP contribution in [0.2, 0.25) is 5.02 Å². The quantitative estimate of drug-likeness (QED) is 0.343. The first kappa shape index (κ1) is 25.4. The summed E-state index contributed by atoms with van der Waals surface area (Å²) < 4.78 is 12.2. The maximum absolute atomic E-state index is 10.8. The Bertz CT molecular complexity index is 979. The Kier molecular flexibility index (Phi) is 9.89. The van der Waals surface area contributed by atoms with E-state index in [0.717, 1.165) is 16.7 Å². The second-order valence-electron chi connectivity index (χ2n) is 8.28. The maximum atomic E-state index is 10.8. The highest BCUT2D eigenvalue weighted by Gasteiger charge is 2.20. The number of halogens is 2. The van der Waals surface area contributed by atoms with Gasteiger partial charge in [0.15, 0.2) is 11.5 Å². The Labute approximate surface area is 207 Å². The number of hydrogen-bond acceptors (Lipinski definition) is 4. The van der Waals surface area contributed by atoms with Crippen LogP contribution in [0.15, 0.2) is 72.8 Å². The van der Waals surface area contributed by atoms with Gasteiger partial charge in [0.05, 0.1) is 11.1 Å². The van der Waals surface area contributed by atoms with Crippen molar-refractivity contribution in [2.45, 2.75) is 51.0 Å². The van der Waals surface area contributed by atoms with E-state index in [1.54, 1.807) is 6.07 Å². The summed E-state index contributed by atoms with van der Waals surface area (Å²) in [7, 11) is 0. The van der Waals surface area contributed by atoms with Gasteiger partial charge in [-0.2, -0.15) is 0 Å². The van der Waals surface area contributed by atoms with Crippen molar-refractivity contribution >= 4 is 24.0 Å². The van der Waals surface area contributed by atoms with E-state index < -0.39 is 6.10 Å². The largest absolute Gasteiger partial charge is 0.485 e. The number of rotatable bonds is 10. The molecule has 1 fully saturated rings. The smallest absolute Gasteiger partial charge is 0.180 e. The summed E-state index contributed by atoms with van der Waals surface area (Å²) in [6.45, 7) is 1.26. The summed E-state index contributed by atoms with van der Waals surface area (Å²) in [6, 6.07) is 24.0. The average molecular weight is 488 g/mol. The molecule has 1 unspecified atom stereocenters. The molecule has 3 aromatic rings. The van der Waals surface area contributed by atoms with Crippen molar-refractivity contribution in [2.75, 3.05) is 6.54 Å². The van der Waals surface area contributed by atoms with Gasteiger partial charge in [-0.3, -0.25) is 0 Å². The van der Waals surface area contributed by atoms with E-state index in [9.17, 15) is 5.11 Å². The zero-order valence-electron chi connectivity index (χ0n) is 18.6. The molecule has 0 bridgehead atoms. The Morgan fingerprint density at radius 2 is 1.45 bits per heavy atom. The zero-order chi connectivity index (χ0) is 22.2. The summed E-state index contributed by atoms with van der Waals surface area (Å²) >= 11 is 6.62. The lowest BCUT2D eigenvalue weighted by atomic mass is 10.1. The highest BCUT2D eigenvalue weighted by molar-refractivity contribution is 6.32. The lowest BCUT2D eigenvalue weighted by molar-refractivity contribution is 0.169. The molecule has 0 radical (unpaired) electrons. The Morgan fingerprint density at radius 3 is 2.06 bits per heavy atom. The third kappa shape index (κ3) is 7.38. The van der Waals surface area contributed by atoms with Gasteiger partial charge in [0.25, 0.3) is 0 Å². The van der Waals surface area contributed by atoms with Crippen LogP contribution < -0.4 is 14.8 Å². The fourth-order valence-corrected chi connectivity index (χ4v) is 4.29. The SMILES string of the molecule is Cl.OC(CNC1CCCC1)c1cc(Cl)c(OCc2ccccc2)c(OCc2ccccc2)c1. The molecule has 1 aliphatic rings. The van der Waals surface area contributed by atoms with Crippen molar-refractivity contribution in [3.63, 3.8) is 0 Å². The van der Waals surface area contributed by atoms with Crippen molar-refractivity contribution in [1.82, 2.24) is 5.32 Å². The Hall–Kier alpha value is -2.24. The first-order valence-electron chi connectivity index (χ1n) is 11.3. The van der Waals surface area contributed by atoms with E-state index in [1.807, 2.05) is 66.7 Å². The van der Waals surface area contributed by atoms with Crippen molar-refractivity contribution in [2.24, 2.45) is 0 Å². The second kappa shape index (κ2) is 12.9. The number of hydrogen-bond donors (Lipinski definition) is 2. The van der Waals surface area contributed by atoms with E-state index in [1.165, 1.54) is 25.7 Å². The molecule has 2 N–H and O–H groups in total. The molecule has 33 heavy (non-hydrogen) atoms. The second-order valence-corrected chi connectivity index (χ2v) is 8.69. The summed E-state index contributed by atoms with van der Waals surface area (Å²) in [5.41, 5.74) is 2.81. The van der Waals surface area contributed by atoms with Gasteiger partial charge in [0.2, 0.25) is 0 Å². The summed E-state index contributed by atoms with van der Waals surface area (Å²) in [6.07, 6.45) is 4.18. The summed E-state index contributed by atoms with van der Waals surface area (Å²) in [4.78, 5) is 0. The predicted octanol–water partition coefficient (Wildman–Crippen LogP) is 6.49. The molecule has 1 saturated carbocycles. The van der Waals surface area contributed by atoms with E-state index in [0.29, 0.717) is 42.3 Å². The minimum absolute atomic E-state index is 0. The minimum atomic E-state index is -0.671. The number of nitrogens with one attached hydrogen (secondary N) is 1. The molecule has 1 atom stereocenters. The predicted molar refractivity (Wildman–Crippen MR) is 135 cm³/mol. The van der Waals surface area contributed by atoms with Crippen LogP contribution in [-0.4, -0.2) is 17.7 Å². The lowest BCUT2D eigenvalue weighted by Gasteiger charge is -2.20. The number of aliphatic hydroxyl groups is 1. The summed E-state index contributed by atoms with van der Waals surface area (Å²) in [5.74, 6) is 1.03. The van der Waals surface area contributed by atoms with E-state index in [-0.39, 0.29) is 12.4 Å². The molecular formula is C27H31Cl2NO3. The number of ether oxygens (including phenoxy) is 2. The van der Waals surface area contributed by atoms with E-state index in [2.05, 4.69) is 5.32 Å². The maximum Gasteiger partial charge on any atom is 0.180 e. The first-order chi connectivity index (χ1) is 15.7. The zero-order valence-corrected chi connectivity index (χ0v) is 20.2. The van der Waals surface area contributed by atoms with Crippen molar-refractivity contribution < 1.29 is 14.6 Å². The molecule has 0 amide bonds. The van der Waals surface area contributed by atoms with Gasteiger partial charge < -0.3 is 19.9 Å². The van der Waals surface area contributed by atoms with Crippen LogP contribution in [0.5, 0.6) is 11.5 Å². The Balaban J connectivity index is 0.00000306. The number of benzene rings is 3. The van der Waals surface area contributed by atoms with Crippen LogP contribution in [0.1, 0.15) is 48.5 Å². The Morgan fingerprint density at radius 1 is 0.879 bits per heavy atom. The monoisotopic (exact) mass is 487 g/mol. The van der Waals surface area contributed by atoms with Crippen LogP contribution in [0, 0.1) is 0 Å². The average Bonchev–Trinajstić information content (AvgIpc) is 3.35. The van der Waals surface area contributed by atoms with Crippen LogP contribution in [0.4, 0.5) is 0 Å². The molecule has 3 aromatic carbocycles. The third-order valence-electron chi connectivity index (χ3n) is 5.83. The summed E-state index contributed by atoms with van der Waals surface area (Å²) in [5, 5.41) is 14.7. The molecule has 0 aromatic heterocycles. The van der Waals surface area contributed by atoms with Crippen LogP contribution >= 0.6 is 24.0 Å². The van der Waals surface area contributed by atoms with Gasteiger partial charge in [-0.05, 0) is 41.7 Å². The molecule has 4 nitrogen and oxygen atoms in total. The van der Waals surface area contributed by atoms with Gasteiger partial charge in [-0.15, -0.1) is 12.4 Å².